The van der Waals surface area contributed by atoms with E-state index in [1.54, 1.807) is 67.6 Å². The van der Waals surface area contributed by atoms with Crippen LogP contribution in [0.3, 0.4) is 0 Å². The van der Waals surface area contributed by atoms with Gasteiger partial charge in [-0.25, -0.2) is 8.42 Å². The van der Waals surface area contributed by atoms with Crippen molar-refractivity contribution < 1.29 is 18.0 Å². The van der Waals surface area contributed by atoms with Gasteiger partial charge in [-0.1, -0.05) is 67.1 Å². The molecule has 0 fully saturated rings. The predicted octanol–water partition coefficient (Wildman–Crippen LogP) is 5.18. The summed E-state index contributed by atoms with van der Waals surface area (Å²) < 4.78 is 28.6. The molecule has 0 heterocycles. The summed E-state index contributed by atoms with van der Waals surface area (Å²) in [4.78, 5) is 28.4. The molecule has 0 aliphatic rings. The summed E-state index contributed by atoms with van der Waals surface area (Å²) >= 11 is 6.39. The zero-order chi connectivity index (χ0) is 27.9. The van der Waals surface area contributed by atoms with E-state index in [-0.39, 0.29) is 23.4 Å². The third-order valence-electron chi connectivity index (χ3n) is 6.37. The van der Waals surface area contributed by atoms with E-state index in [9.17, 15) is 18.0 Å². The number of nitrogens with zero attached hydrogens (tertiary/aromatic N) is 2. The van der Waals surface area contributed by atoms with Crippen molar-refractivity contribution in [1.29, 1.82) is 0 Å². The molecule has 0 spiro atoms. The summed E-state index contributed by atoms with van der Waals surface area (Å²) in [7, 11) is -4.09. The van der Waals surface area contributed by atoms with Gasteiger partial charge in [0.05, 0.1) is 10.6 Å². The molecular weight excluding hydrogens is 522 g/mol. The topological polar surface area (TPSA) is 86.8 Å². The lowest BCUT2D eigenvalue weighted by Gasteiger charge is -2.32. The zero-order valence-corrected chi connectivity index (χ0v) is 23.7. The second-order valence-electron chi connectivity index (χ2n) is 9.27. The molecule has 0 aliphatic heterocycles. The lowest BCUT2D eigenvalue weighted by molar-refractivity contribution is -0.139. The largest absolute Gasteiger partial charge is 0.352 e. The monoisotopic (exact) mass is 555 g/mol. The number of carbonyl (C=O) groups excluding carboxylic acids is 2. The molecule has 0 aromatic heterocycles. The highest BCUT2D eigenvalue weighted by molar-refractivity contribution is 7.92. The molecule has 9 heteroatoms. The maximum absolute atomic E-state index is 13.9. The van der Waals surface area contributed by atoms with Crippen LogP contribution in [0.5, 0.6) is 0 Å². The standard InChI is InChI=1S/C29H34ClN3O4S/c1-5-22(3)31-29(35)23(4)32(19-24-13-9-10-17-27(24)30)28(34)20-33(25-14-11-12-21(2)18-25)38(36,37)26-15-7-6-8-16-26/h6-18,22-23H,5,19-20H2,1-4H3,(H,31,35)/t22-,23-/m0/s1. The van der Waals surface area contributed by atoms with Crippen LogP contribution in [-0.2, 0) is 26.2 Å². The van der Waals surface area contributed by atoms with Crippen LogP contribution in [0.15, 0.2) is 83.8 Å². The quantitative estimate of drug-likeness (QED) is 0.353. The molecule has 3 aromatic rings. The van der Waals surface area contributed by atoms with Crippen molar-refractivity contribution in [2.75, 3.05) is 10.8 Å². The number of nitrogens with one attached hydrogen (secondary N) is 1. The molecule has 0 radical (unpaired) electrons. The first-order valence-corrected chi connectivity index (χ1v) is 14.3. The normalized spacial score (nSPS) is 12.9. The highest BCUT2D eigenvalue weighted by Gasteiger charge is 2.33. The van der Waals surface area contributed by atoms with Gasteiger partial charge in [0, 0.05) is 17.6 Å². The Balaban J connectivity index is 2.03. The second-order valence-corrected chi connectivity index (χ2v) is 11.5. The van der Waals surface area contributed by atoms with Gasteiger partial charge in [0.1, 0.15) is 12.6 Å². The molecule has 0 aliphatic carbocycles. The molecule has 0 saturated heterocycles. The summed E-state index contributed by atoms with van der Waals surface area (Å²) in [5, 5.41) is 3.37. The number of benzene rings is 3. The lowest BCUT2D eigenvalue weighted by Crippen LogP contribution is -2.52. The number of carbonyl (C=O) groups is 2. The van der Waals surface area contributed by atoms with Crippen LogP contribution >= 0.6 is 11.6 Å². The molecule has 0 saturated carbocycles. The van der Waals surface area contributed by atoms with Gasteiger partial charge in [0.15, 0.2) is 0 Å². The average molecular weight is 556 g/mol. The Bertz CT molecular complexity index is 1370. The number of amides is 2. The summed E-state index contributed by atoms with van der Waals surface area (Å²) in [6.45, 7) is 6.87. The van der Waals surface area contributed by atoms with E-state index in [4.69, 9.17) is 11.6 Å². The number of anilines is 1. The number of aryl methyl sites for hydroxylation is 1. The van der Waals surface area contributed by atoms with Crippen LogP contribution in [0.1, 0.15) is 38.3 Å². The number of hydrogen-bond donors (Lipinski definition) is 1. The van der Waals surface area contributed by atoms with E-state index in [2.05, 4.69) is 5.32 Å². The van der Waals surface area contributed by atoms with Crippen LogP contribution in [0.2, 0.25) is 5.02 Å². The minimum Gasteiger partial charge on any atom is -0.352 e. The Morgan fingerprint density at radius 3 is 2.24 bits per heavy atom. The van der Waals surface area contributed by atoms with Crippen LogP contribution < -0.4 is 9.62 Å². The van der Waals surface area contributed by atoms with Crippen molar-refractivity contribution in [3.05, 3.63) is 95.0 Å². The summed E-state index contributed by atoms with van der Waals surface area (Å²) in [5.74, 6) is -0.856. The predicted molar refractivity (Wildman–Crippen MR) is 152 cm³/mol. The summed E-state index contributed by atoms with van der Waals surface area (Å²) in [5.41, 5.74) is 1.85. The molecule has 7 nitrogen and oxygen atoms in total. The van der Waals surface area contributed by atoms with Gasteiger partial charge in [-0.2, -0.15) is 0 Å². The molecular formula is C29H34ClN3O4S. The fourth-order valence-corrected chi connectivity index (χ4v) is 5.51. The second kappa shape index (κ2) is 12.9. The van der Waals surface area contributed by atoms with Gasteiger partial charge in [0.2, 0.25) is 11.8 Å². The molecule has 3 aromatic carbocycles. The van der Waals surface area contributed by atoms with Crippen molar-refractivity contribution >= 4 is 39.1 Å². The summed E-state index contributed by atoms with van der Waals surface area (Å²) in [6.07, 6.45) is 0.730. The number of halogens is 1. The van der Waals surface area contributed by atoms with E-state index in [0.717, 1.165) is 16.3 Å². The molecule has 0 unspecified atom stereocenters. The molecule has 1 N–H and O–H groups in total. The highest BCUT2D eigenvalue weighted by Crippen LogP contribution is 2.26. The van der Waals surface area contributed by atoms with Gasteiger partial charge >= 0.3 is 0 Å². The molecule has 0 bridgehead atoms. The molecule has 2 atom stereocenters. The Morgan fingerprint density at radius 1 is 0.947 bits per heavy atom. The zero-order valence-electron chi connectivity index (χ0n) is 22.1. The molecule has 202 valence electrons. The van der Waals surface area contributed by atoms with E-state index in [0.29, 0.717) is 16.3 Å². The summed E-state index contributed by atoms with van der Waals surface area (Å²) in [6, 6.07) is 21.1. The van der Waals surface area contributed by atoms with E-state index in [1.165, 1.54) is 17.0 Å². The van der Waals surface area contributed by atoms with Crippen LogP contribution in [0.25, 0.3) is 0 Å². The third-order valence-corrected chi connectivity index (χ3v) is 8.52. The number of sulfonamides is 1. The molecule has 2 amide bonds. The Kier molecular flexibility index (Phi) is 9.94. The molecule has 38 heavy (non-hydrogen) atoms. The van der Waals surface area contributed by atoms with E-state index < -0.39 is 28.5 Å². The SMILES string of the molecule is CC[C@H](C)NC(=O)[C@H](C)N(Cc1ccccc1Cl)C(=O)CN(c1cccc(C)c1)S(=O)(=O)c1ccccc1. The maximum atomic E-state index is 13.9. The van der Waals surface area contributed by atoms with Crippen LogP contribution in [-0.4, -0.2) is 43.8 Å². The fraction of sp³-hybridized carbons (Fsp3) is 0.310. The van der Waals surface area contributed by atoms with Gasteiger partial charge in [-0.15, -0.1) is 0 Å². The van der Waals surface area contributed by atoms with Gasteiger partial charge in [-0.05, 0) is 68.7 Å². The average Bonchev–Trinajstić information content (AvgIpc) is 2.91. The first kappa shape index (κ1) is 29.2. The molecule has 3 rings (SSSR count). The van der Waals surface area contributed by atoms with E-state index in [1.807, 2.05) is 26.8 Å². The van der Waals surface area contributed by atoms with Crippen molar-refractivity contribution in [2.45, 2.75) is 57.6 Å². The van der Waals surface area contributed by atoms with Crippen LogP contribution in [0.4, 0.5) is 5.69 Å². The van der Waals surface area contributed by atoms with Crippen molar-refractivity contribution in [1.82, 2.24) is 10.2 Å². The van der Waals surface area contributed by atoms with Crippen molar-refractivity contribution in [3.8, 4) is 0 Å². The minimum atomic E-state index is -4.09. The third kappa shape index (κ3) is 7.14. The minimum absolute atomic E-state index is 0.0423. The number of rotatable bonds is 11. The maximum Gasteiger partial charge on any atom is 0.264 e. The first-order chi connectivity index (χ1) is 18.0. The van der Waals surface area contributed by atoms with Crippen molar-refractivity contribution in [3.63, 3.8) is 0 Å². The first-order valence-electron chi connectivity index (χ1n) is 12.5. The van der Waals surface area contributed by atoms with Gasteiger partial charge in [0.25, 0.3) is 10.0 Å². The Morgan fingerprint density at radius 2 is 1.61 bits per heavy atom. The van der Waals surface area contributed by atoms with Gasteiger partial charge < -0.3 is 10.2 Å². The highest BCUT2D eigenvalue weighted by atomic mass is 35.5. The smallest absolute Gasteiger partial charge is 0.264 e. The lowest BCUT2D eigenvalue weighted by atomic mass is 10.1. The van der Waals surface area contributed by atoms with Crippen LogP contribution in [0, 0.1) is 6.92 Å². The fourth-order valence-electron chi connectivity index (χ4n) is 3.89. The Hall–Kier alpha value is -3.36. The van der Waals surface area contributed by atoms with Gasteiger partial charge in [-0.3, -0.25) is 13.9 Å². The van der Waals surface area contributed by atoms with E-state index >= 15 is 0 Å². The van der Waals surface area contributed by atoms with Crippen molar-refractivity contribution in [2.24, 2.45) is 0 Å². The number of hydrogen-bond acceptors (Lipinski definition) is 4. The Labute approximate surface area is 230 Å².